The fraction of sp³-hybridized carbons (Fsp3) is 0.294. The van der Waals surface area contributed by atoms with Crippen LogP contribution in [0.2, 0.25) is 5.02 Å². The third-order valence-electron chi connectivity index (χ3n) is 3.35. The lowest BCUT2D eigenvalue weighted by molar-refractivity contribution is 0.630. The molecule has 2 rings (SSSR count). The van der Waals surface area contributed by atoms with Gasteiger partial charge in [0.15, 0.2) is 0 Å². The molecule has 0 aliphatic heterocycles. The van der Waals surface area contributed by atoms with E-state index in [0.29, 0.717) is 0 Å². The van der Waals surface area contributed by atoms with Crippen molar-refractivity contribution < 1.29 is 0 Å². The van der Waals surface area contributed by atoms with Crippen LogP contribution >= 0.6 is 27.5 Å². The largest absolute Gasteiger partial charge is 0.307 e. The second-order valence-corrected chi connectivity index (χ2v) is 6.14. The minimum absolute atomic E-state index is 0.168. The second-order valence-electron chi connectivity index (χ2n) is 4.79. The molecule has 1 N–H and O–H groups in total. The van der Waals surface area contributed by atoms with Gasteiger partial charge in [0.05, 0.1) is 6.04 Å². The summed E-state index contributed by atoms with van der Waals surface area (Å²) in [4.78, 5) is 0. The molecule has 0 radical (unpaired) electrons. The van der Waals surface area contributed by atoms with Gasteiger partial charge in [0.2, 0.25) is 0 Å². The topological polar surface area (TPSA) is 12.0 Å². The van der Waals surface area contributed by atoms with Gasteiger partial charge in [0.25, 0.3) is 0 Å². The first-order chi connectivity index (χ1) is 9.63. The molecule has 0 spiro atoms. The normalized spacial score (nSPS) is 12.4. The predicted molar refractivity (Wildman–Crippen MR) is 90.5 cm³/mol. The van der Waals surface area contributed by atoms with Gasteiger partial charge < -0.3 is 5.32 Å². The van der Waals surface area contributed by atoms with Crippen molar-refractivity contribution in [2.24, 2.45) is 0 Å². The van der Waals surface area contributed by atoms with Crippen LogP contribution in [0, 0.1) is 0 Å². The highest BCUT2D eigenvalue weighted by atomic mass is 79.9. The second kappa shape index (κ2) is 7.26. The number of halogens is 2. The van der Waals surface area contributed by atoms with Gasteiger partial charge in [-0.25, -0.2) is 0 Å². The lowest BCUT2D eigenvalue weighted by Gasteiger charge is -2.20. The van der Waals surface area contributed by atoms with Crippen molar-refractivity contribution in [2.45, 2.75) is 26.3 Å². The van der Waals surface area contributed by atoms with Gasteiger partial charge in [-0.05, 0) is 47.9 Å². The highest BCUT2D eigenvalue weighted by Gasteiger charge is 2.14. The summed E-state index contributed by atoms with van der Waals surface area (Å²) in [5.74, 6) is 0. The van der Waals surface area contributed by atoms with E-state index in [9.17, 15) is 0 Å². The van der Waals surface area contributed by atoms with Gasteiger partial charge in [-0.2, -0.15) is 0 Å². The van der Waals surface area contributed by atoms with Crippen molar-refractivity contribution in [3.8, 4) is 0 Å². The minimum atomic E-state index is 0.168. The van der Waals surface area contributed by atoms with Crippen LogP contribution in [0.3, 0.4) is 0 Å². The molecule has 0 fully saturated rings. The Hall–Kier alpha value is -0.830. The van der Waals surface area contributed by atoms with E-state index in [1.54, 1.807) is 0 Å². The zero-order valence-corrected chi connectivity index (χ0v) is 14.1. The first-order valence-corrected chi connectivity index (χ1v) is 8.09. The molecule has 0 amide bonds. The monoisotopic (exact) mass is 351 g/mol. The van der Waals surface area contributed by atoms with Gasteiger partial charge in [-0.3, -0.25) is 0 Å². The molecule has 1 unspecified atom stereocenters. The fourth-order valence-corrected chi connectivity index (χ4v) is 3.21. The molecular weight excluding hydrogens is 334 g/mol. The van der Waals surface area contributed by atoms with Crippen molar-refractivity contribution in [2.75, 3.05) is 6.54 Å². The molecule has 0 saturated carbocycles. The van der Waals surface area contributed by atoms with Gasteiger partial charge in [0, 0.05) is 9.50 Å². The van der Waals surface area contributed by atoms with E-state index in [2.05, 4.69) is 65.4 Å². The molecule has 0 aliphatic carbocycles. The quantitative estimate of drug-likeness (QED) is 0.763. The van der Waals surface area contributed by atoms with Crippen molar-refractivity contribution in [1.29, 1.82) is 0 Å². The SMILES string of the molecule is CCNC(c1ccc(CC)cc1)c1cc(Cl)cc(Br)c1. The summed E-state index contributed by atoms with van der Waals surface area (Å²) >= 11 is 9.69. The van der Waals surface area contributed by atoms with Crippen LogP contribution in [0.1, 0.15) is 36.6 Å². The predicted octanol–water partition coefficient (Wildman–Crippen LogP) is 5.36. The summed E-state index contributed by atoms with van der Waals surface area (Å²) in [6, 6.07) is 15.0. The number of rotatable bonds is 5. The summed E-state index contributed by atoms with van der Waals surface area (Å²) in [5.41, 5.74) is 3.80. The highest BCUT2D eigenvalue weighted by Crippen LogP contribution is 2.28. The Kier molecular flexibility index (Phi) is 5.64. The number of hydrogen-bond acceptors (Lipinski definition) is 1. The molecular formula is C17H19BrClN. The van der Waals surface area contributed by atoms with E-state index in [1.165, 1.54) is 16.7 Å². The van der Waals surface area contributed by atoms with Gasteiger partial charge in [-0.1, -0.05) is 65.6 Å². The smallest absolute Gasteiger partial charge is 0.0577 e. The first-order valence-electron chi connectivity index (χ1n) is 6.92. The standard InChI is InChI=1S/C17H19BrClN/c1-3-12-5-7-13(8-6-12)17(20-4-2)14-9-15(18)11-16(19)10-14/h5-11,17,20H,3-4H2,1-2H3. The van der Waals surface area contributed by atoms with Crippen LogP contribution in [-0.2, 0) is 6.42 Å². The maximum atomic E-state index is 6.17. The Morgan fingerprint density at radius 3 is 2.30 bits per heavy atom. The first kappa shape index (κ1) is 15.6. The number of benzene rings is 2. The Labute approximate surface area is 134 Å². The lowest BCUT2D eigenvalue weighted by atomic mass is 9.97. The summed E-state index contributed by atoms with van der Waals surface area (Å²) < 4.78 is 1.01. The molecule has 2 aromatic rings. The lowest BCUT2D eigenvalue weighted by Crippen LogP contribution is -2.22. The summed E-state index contributed by atoms with van der Waals surface area (Å²) in [7, 11) is 0. The van der Waals surface area contributed by atoms with Crippen LogP contribution in [-0.4, -0.2) is 6.54 Å². The fourth-order valence-electron chi connectivity index (χ4n) is 2.32. The maximum Gasteiger partial charge on any atom is 0.0577 e. The maximum absolute atomic E-state index is 6.17. The molecule has 0 heterocycles. The van der Waals surface area contributed by atoms with Crippen LogP contribution in [0.25, 0.3) is 0 Å². The van der Waals surface area contributed by atoms with Gasteiger partial charge in [-0.15, -0.1) is 0 Å². The third-order valence-corrected chi connectivity index (χ3v) is 4.02. The highest BCUT2D eigenvalue weighted by molar-refractivity contribution is 9.10. The van der Waals surface area contributed by atoms with Gasteiger partial charge >= 0.3 is 0 Å². The zero-order chi connectivity index (χ0) is 14.5. The van der Waals surface area contributed by atoms with Crippen LogP contribution in [0.15, 0.2) is 46.9 Å². The van der Waals surface area contributed by atoms with E-state index in [1.807, 2.05) is 12.1 Å². The van der Waals surface area contributed by atoms with Crippen LogP contribution in [0.4, 0.5) is 0 Å². The molecule has 1 nitrogen and oxygen atoms in total. The van der Waals surface area contributed by atoms with Crippen molar-refractivity contribution >= 4 is 27.5 Å². The minimum Gasteiger partial charge on any atom is -0.307 e. The molecule has 3 heteroatoms. The Bertz CT molecular complexity index is 545. The summed E-state index contributed by atoms with van der Waals surface area (Å²) in [6.07, 6.45) is 1.06. The van der Waals surface area contributed by atoms with E-state index >= 15 is 0 Å². The molecule has 0 saturated heterocycles. The number of hydrogen-bond donors (Lipinski definition) is 1. The Morgan fingerprint density at radius 2 is 1.75 bits per heavy atom. The third kappa shape index (κ3) is 3.85. The number of aryl methyl sites for hydroxylation is 1. The number of nitrogens with one attached hydrogen (secondary N) is 1. The molecule has 0 aliphatic rings. The Morgan fingerprint density at radius 1 is 1.05 bits per heavy atom. The van der Waals surface area contributed by atoms with E-state index in [0.717, 1.165) is 22.5 Å². The molecule has 106 valence electrons. The molecule has 2 aromatic carbocycles. The van der Waals surface area contributed by atoms with Crippen molar-refractivity contribution in [3.05, 3.63) is 68.7 Å². The van der Waals surface area contributed by atoms with E-state index in [-0.39, 0.29) is 6.04 Å². The van der Waals surface area contributed by atoms with Crippen molar-refractivity contribution in [1.82, 2.24) is 5.32 Å². The Balaban J connectivity index is 2.38. The van der Waals surface area contributed by atoms with Crippen LogP contribution < -0.4 is 5.32 Å². The van der Waals surface area contributed by atoms with Crippen molar-refractivity contribution in [3.63, 3.8) is 0 Å². The average Bonchev–Trinajstić information content (AvgIpc) is 2.44. The zero-order valence-electron chi connectivity index (χ0n) is 11.8. The van der Waals surface area contributed by atoms with E-state index in [4.69, 9.17) is 11.6 Å². The average molecular weight is 353 g/mol. The van der Waals surface area contributed by atoms with Crippen LogP contribution in [0.5, 0.6) is 0 Å². The molecule has 0 aromatic heterocycles. The summed E-state index contributed by atoms with van der Waals surface area (Å²) in [5, 5.41) is 4.28. The van der Waals surface area contributed by atoms with Gasteiger partial charge in [0.1, 0.15) is 0 Å². The molecule has 0 bridgehead atoms. The summed E-state index contributed by atoms with van der Waals surface area (Å²) in [6.45, 7) is 5.20. The van der Waals surface area contributed by atoms with E-state index < -0.39 is 0 Å². The molecule has 20 heavy (non-hydrogen) atoms. The molecule has 1 atom stereocenters.